The molecule has 2 aromatic rings. The van der Waals surface area contributed by atoms with Crippen molar-refractivity contribution in [3.63, 3.8) is 0 Å². The van der Waals surface area contributed by atoms with E-state index in [2.05, 4.69) is 9.97 Å². The number of aromatic nitrogens is 2. The molecule has 0 aliphatic heterocycles. The van der Waals surface area contributed by atoms with Crippen LogP contribution in [0.1, 0.15) is 0 Å². The van der Waals surface area contributed by atoms with Crippen molar-refractivity contribution < 1.29 is 4.74 Å². The molecule has 0 fully saturated rings. The molecule has 4 heteroatoms. The van der Waals surface area contributed by atoms with Crippen molar-refractivity contribution in [3.05, 3.63) is 29.4 Å². The normalized spacial score (nSPS) is 10.3. The second kappa shape index (κ2) is 3.18. The molecule has 0 atom stereocenters. The van der Waals surface area contributed by atoms with Crippen molar-refractivity contribution in [1.82, 2.24) is 9.97 Å². The van der Waals surface area contributed by atoms with Crippen LogP contribution in [0.3, 0.4) is 0 Å². The van der Waals surface area contributed by atoms with E-state index in [0.717, 1.165) is 11.0 Å². The SMILES string of the molecule is COc1ccc2ncc(Cl)cc2n1. The molecule has 2 rings (SSSR count). The lowest BCUT2D eigenvalue weighted by Crippen LogP contribution is -1.88. The highest BCUT2D eigenvalue weighted by Crippen LogP contribution is 2.17. The van der Waals surface area contributed by atoms with E-state index in [1.807, 2.05) is 6.07 Å². The Bertz CT molecular complexity index is 445. The molecule has 0 bridgehead atoms. The topological polar surface area (TPSA) is 35.0 Å². The highest BCUT2D eigenvalue weighted by Gasteiger charge is 1.99. The summed E-state index contributed by atoms with van der Waals surface area (Å²) in [5, 5.41) is 0.577. The third kappa shape index (κ3) is 1.55. The smallest absolute Gasteiger partial charge is 0.213 e. The van der Waals surface area contributed by atoms with Crippen LogP contribution in [0.4, 0.5) is 0 Å². The number of pyridine rings is 2. The number of methoxy groups -OCH3 is 1. The van der Waals surface area contributed by atoms with Crippen LogP contribution in [0.25, 0.3) is 11.0 Å². The Balaban J connectivity index is 2.68. The predicted octanol–water partition coefficient (Wildman–Crippen LogP) is 2.29. The van der Waals surface area contributed by atoms with E-state index in [1.54, 1.807) is 25.4 Å². The summed E-state index contributed by atoms with van der Waals surface area (Å²) in [5.41, 5.74) is 1.55. The van der Waals surface area contributed by atoms with E-state index in [9.17, 15) is 0 Å². The Morgan fingerprint density at radius 3 is 2.92 bits per heavy atom. The molecule has 13 heavy (non-hydrogen) atoms. The summed E-state index contributed by atoms with van der Waals surface area (Å²) in [6.45, 7) is 0. The average Bonchev–Trinajstić information content (AvgIpc) is 2.16. The minimum Gasteiger partial charge on any atom is -0.481 e. The predicted molar refractivity (Wildman–Crippen MR) is 51.1 cm³/mol. The molecule has 2 aromatic heterocycles. The molecule has 3 nitrogen and oxygen atoms in total. The molecule has 0 unspecified atom stereocenters. The van der Waals surface area contributed by atoms with Gasteiger partial charge in [-0.15, -0.1) is 0 Å². The lowest BCUT2D eigenvalue weighted by molar-refractivity contribution is 0.399. The first kappa shape index (κ1) is 8.26. The summed E-state index contributed by atoms with van der Waals surface area (Å²) in [4.78, 5) is 8.29. The molecular formula is C9H7ClN2O. The van der Waals surface area contributed by atoms with Gasteiger partial charge in [0.25, 0.3) is 0 Å². The van der Waals surface area contributed by atoms with Gasteiger partial charge in [-0.3, -0.25) is 4.98 Å². The maximum atomic E-state index is 5.77. The number of hydrogen-bond donors (Lipinski definition) is 0. The molecule has 0 saturated heterocycles. The molecule has 0 N–H and O–H groups in total. The van der Waals surface area contributed by atoms with Gasteiger partial charge in [0.05, 0.1) is 23.2 Å². The van der Waals surface area contributed by atoms with Crippen molar-refractivity contribution in [3.8, 4) is 5.88 Å². The first-order chi connectivity index (χ1) is 6.29. The Morgan fingerprint density at radius 2 is 2.15 bits per heavy atom. The molecule has 0 saturated carbocycles. The summed E-state index contributed by atoms with van der Waals surface area (Å²) in [5.74, 6) is 0.566. The fourth-order valence-corrected chi connectivity index (χ4v) is 1.23. The number of rotatable bonds is 1. The lowest BCUT2D eigenvalue weighted by atomic mass is 10.3. The van der Waals surface area contributed by atoms with Gasteiger partial charge in [0.1, 0.15) is 0 Å². The van der Waals surface area contributed by atoms with Crippen molar-refractivity contribution in [1.29, 1.82) is 0 Å². The monoisotopic (exact) mass is 194 g/mol. The number of hydrogen-bond acceptors (Lipinski definition) is 3. The van der Waals surface area contributed by atoms with Gasteiger partial charge in [0.2, 0.25) is 5.88 Å². The van der Waals surface area contributed by atoms with Crippen molar-refractivity contribution in [2.24, 2.45) is 0 Å². The quantitative estimate of drug-likeness (QED) is 0.699. The van der Waals surface area contributed by atoms with Crippen LogP contribution in [-0.4, -0.2) is 17.1 Å². The average molecular weight is 195 g/mol. The Hall–Kier alpha value is -1.35. The van der Waals surface area contributed by atoms with Gasteiger partial charge in [-0.2, -0.15) is 0 Å². The van der Waals surface area contributed by atoms with Crippen LogP contribution in [0.5, 0.6) is 5.88 Å². The van der Waals surface area contributed by atoms with Gasteiger partial charge in [-0.05, 0) is 12.1 Å². The van der Waals surface area contributed by atoms with Crippen molar-refractivity contribution in [2.75, 3.05) is 7.11 Å². The van der Waals surface area contributed by atoms with Crippen molar-refractivity contribution >= 4 is 22.6 Å². The van der Waals surface area contributed by atoms with Crippen molar-refractivity contribution in [2.45, 2.75) is 0 Å². The van der Waals surface area contributed by atoms with Gasteiger partial charge in [-0.1, -0.05) is 11.6 Å². The van der Waals surface area contributed by atoms with E-state index in [4.69, 9.17) is 16.3 Å². The molecule has 0 aromatic carbocycles. The summed E-state index contributed by atoms with van der Waals surface area (Å²) in [6.07, 6.45) is 1.60. The zero-order chi connectivity index (χ0) is 9.26. The molecule has 0 spiro atoms. The third-order valence-corrected chi connectivity index (χ3v) is 1.89. The molecule has 0 radical (unpaired) electrons. The summed E-state index contributed by atoms with van der Waals surface area (Å²) in [6, 6.07) is 5.37. The summed E-state index contributed by atoms with van der Waals surface area (Å²) >= 11 is 5.77. The van der Waals surface area contributed by atoms with Crippen LogP contribution in [0.2, 0.25) is 5.02 Å². The molecule has 2 heterocycles. The number of halogens is 1. The largest absolute Gasteiger partial charge is 0.481 e. The fourth-order valence-electron chi connectivity index (χ4n) is 1.08. The zero-order valence-corrected chi connectivity index (χ0v) is 7.75. The maximum Gasteiger partial charge on any atom is 0.213 e. The first-order valence-corrected chi connectivity index (χ1v) is 4.14. The minimum atomic E-state index is 0.566. The fraction of sp³-hybridized carbons (Fsp3) is 0.111. The number of nitrogens with zero attached hydrogens (tertiary/aromatic N) is 2. The molecule has 0 amide bonds. The molecule has 0 aliphatic carbocycles. The third-order valence-electron chi connectivity index (χ3n) is 1.69. The van der Waals surface area contributed by atoms with Crippen LogP contribution >= 0.6 is 11.6 Å². The van der Waals surface area contributed by atoms with E-state index in [-0.39, 0.29) is 0 Å². The Labute approximate surface area is 80.3 Å². The number of ether oxygens (including phenoxy) is 1. The van der Waals surface area contributed by atoms with Crippen LogP contribution in [-0.2, 0) is 0 Å². The second-order valence-corrected chi connectivity index (χ2v) is 2.98. The second-order valence-electron chi connectivity index (χ2n) is 2.55. The maximum absolute atomic E-state index is 5.77. The van der Waals surface area contributed by atoms with Crippen LogP contribution in [0.15, 0.2) is 24.4 Å². The van der Waals surface area contributed by atoms with Gasteiger partial charge in [0, 0.05) is 12.3 Å². The molecule has 66 valence electrons. The van der Waals surface area contributed by atoms with Gasteiger partial charge < -0.3 is 4.74 Å². The standard InChI is InChI=1S/C9H7ClN2O/c1-13-9-3-2-7-8(12-9)4-6(10)5-11-7/h2-5H,1H3. The number of fused-ring (bicyclic) bond motifs is 1. The van der Waals surface area contributed by atoms with E-state index in [0.29, 0.717) is 10.9 Å². The first-order valence-electron chi connectivity index (χ1n) is 3.76. The van der Waals surface area contributed by atoms with E-state index < -0.39 is 0 Å². The summed E-state index contributed by atoms with van der Waals surface area (Å²) in [7, 11) is 1.58. The Kier molecular flexibility index (Phi) is 2.02. The molecule has 0 aliphatic rings. The lowest BCUT2D eigenvalue weighted by Gasteiger charge is -2.00. The summed E-state index contributed by atoms with van der Waals surface area (Å²) < 4.78 is 4.98. The Morgan fingerprint density at radius 1 is 1.31 bits per heavy atom. The minimum absolute atomic E-state index is 0.566. The zero-order valence-electron chi connectivity index (χ0n) is 6.99. The highest BCUT2D eigenvalue weighted by atomic mass is 35.5. The van der Waals surface area contributed by atoms with E-state index in [1.165, 1.54) is 0 Å². The molecular weight excluding hydrogens is 188 g/mol. The van der Waals surface area contributed by atoms with E-state index >= 15 is 0 Å². The van der Waals surface area contributed by atoms with Gasteiger partial charge >= 0.3 is 0 Å². The van der Waals surface area contributed by atoms with Crippen LogP contribution in [0, 0.1) is 0 Å². The van der Waals surface area contributed by atoms with Gasteiger partial charge in [0.15, 0.2) is 0 Å². The highest BCUT2D eigenvalue weighted by molar-refractivity contribution is 6.31. The van der Waals surface area contributed by atoms with Gasteiger partial charge in [-0.25, -0.2) is 4.98 Å². The van der Waals surface area contributed by atoms with Crippen LogP contribution < -0.4 is 4.74 Å².